The zero-order valence-electron chi connectivity index (χ0n) is 20.3. The van der Waals surface area contributed by atoms with Crippen molar-refractivity contribution in [1.82, 2.24) is 4.57 Å². The Morgan fingerprint density at radius 3 is 1.97 bits per heavy atom. The summed E-state index contributed by atoms with van der Waals surface area (Å²) in [5.41, 5.74) is -0.488. The standard InChI is InChI=1S/C27H29NO5SSi/c1-4-31-35(32-5-2,33-6-3)17-9-16-28-26(29)20-13-12-19-18-10-7-8-11-22(18)34-23-15-14-21(27(28)30)24(20)25(19)23/h7-8,10-15H,4-6,9,16-17H2,1-3H3. The van der Waals surface area contributed by atoms with E-state index in [0.29, 0.717) is 49.6 Å². The second-order valence-corrected chi connectivity index (χ2v) is 12.3. The molecule has 0 aliphatic rings. The van der Waals surface area contributed by atoms with Gasteiger partial charge in [0, 0.05) is 63.4 Å². The molecular formula is C27H29NO5SSi. The lowest BCUT2D eigenvalue weighted by Crippen LogP contribution is -2.46. The summed E-state index contributed by atoms with van der Waals surface area (Å²) in [4.78, 5) is 27.1. The molecule has 0 radical (unpaired) electrons. The van der Waals surface area contributed by atoms with Gasteiger partial charge >= 0.3 is 8.80 Å². The van der Waals surface area contributed by atoms with Gasteiger partial charge in [0.15, 0.2) is 0 Å². The summed E-state index contributed by atoms with van der Waals surface area (Å²) in [6.07, 6.45) is 0.557. The maximum absolute atomic E-state index is 13.5. The van der Waals surface area contributed by atoms with Gasteiger partial charge in [-0.1, -0.05) is 24.3 Å². The van der Waals surface area contributed by atoms with Crippen LogP contribution in [0.4, 0.5) is 0 Å². The highest BCUT2D eigenvalue weighted by Gasteiger charge is 2.39. The van der Waals surface area contributed by atoms with Crippen LogP contribution in [0, 0.1) is 0 Å². The second kappa shape index (κ2) is 9.79. The number of rotatable bonds is 10. The second-order valence-electron chi connectivity index (χ2n) is 8.47. The van der Waals surface area contributed by atoms with Crippen LogP contribution in [0.5, 0.6) is 0 Å². The smallest absolute Gasteiger partial charge is 0.374 e. The molecule has 0 unspecified atom stereocenters. The molecule has 5 rings (SSSR count). The van der Waals surface area contributed by atoms with Crippen LogP contribution in [0.15, 0.2) is 58.1 Å². The summed E-state index contributed by atoms with van der Waals surface area (Å²) in [5.74, 6) is 0. The molecule has 0 bridgehead atoms. The Bertz CT molecular complexity index is 1580. The molecule has 35 heavy (non-hydrogen) atoms. The highest BCUT2D eigenvalue weighted by molar-refractivity contribution is 7.25. The van der Waals surface area contributed by atoms with Gasteiger partial charge in [-0.2, -0.15) is 0 Å². The van der Waals surface area contributed by atoms with Gasteiger partial charge in [0.1, 0.15) is 0 Å². The predicted molar refractivity (Wildman–Crippen MR) is 146 cm³/mol. The van der Waals surface area contributed by atoms with E-state index in [2.05, 4.69) is 12.1 Å². The van der Waals surface area contributed by atoms with Crippen LogP contribution in [-0.2, 0) is 19.8 Å². The van der Waals surface area contributed by atoms with Crippen LogP contribution in [0.25, 0.3) is 41.7 Å². The molecular weight excluding hydrogens is 478 g/mol. The summed E-state index contributed by atoms with van der Waals surface area (Å²) in [5, 5.41) is 5.16. The van der Waals surface area contributed by atoms with Crippen molar-refractivity contribution in [2.24, 2.45) is 0 Å². The summed E-state index contributed by atoms with van der Waals surface area (Å²) >= 11 is 1.69. The molecule has 2 aromatic heterocycles. The van der Waals surface area contributed by atoms with Gasteiger partial charge in [-0.3, -0.25) is 14.2 Å². The Labute approximate surface area is 208 Å². The number of nitrogens with zero attached hydrogens (tertiary/aromatic N) is 1. The summed E-state index contributed by atoms with van der Waals surface area (Å²) in [7, 11) is -2.84. The van der Waals surface area contributed by atoms with Gasteiger partial charge in [-0.25, -0.2) is 0 Å². The Hall–Kier alpha value is -2.62. The fourth-order valence-electron chi connectivity index (χ4n) is 5.07. The Morgan fingerprint density at radius 2 is 1.31 bits per heavy atom. The van der Waals surface area contributed by atoms with Crippen LogP contribution in [-0.4, -0.2) is 33.2 Å². The molecule has 0 saturated heterocycles. The van der Waals surface area contributed by atoms with Crippen molar-refractivity contribution in [1.29, 1.82) is 0 Å². The molecule has 0 aliphatic carbocycles. The van der Waals surface area contributed by atoms with Crippen molar-refractivity contribution in [3.05, 3.63) is 69.2 Å². The van der Waals surface area contributed by atoms with Gasteiger partial charge in [0.2, 0.25) is 0 Å². The average Bonchev–Trinajstić information content (AvgIpc) is 2.86. The van der Waals surface area contributed by atoms with Crippen LogP contribution < -0.4 is 11.1 Å². The number of aromatic nitrogens is 1. The number of hydrogen-bond acceptors (Lipinski definition) is 6. The van der Waals surface area contributed by atoms with Crippen molar-refractivity contribution in [3.8, 4) is 0 Å². The molecule has 0 amide bonds. The maximum atomic E-state index is 13.5. The fourth-order valence-corrected chi connectivity index (χ4v) is 8.78. The lowest BCUT2D eigenvalue weighted by Gasteiger charge is -2.28. The minimum atomic E-state index is -2.84. The zero-order valence-corrected chi connectivity index (χ0v) is 22.1. The predicted octanol–water partition coefficient (Wildman–Crippen LogP) is 5.76. The third-order valence-corrected chi connectivity index (χ3v) is 10.7. The van der Waals surface area contributed by atoms with E-state index in [1.165, 1.54) is 9.27 Å². The molecule has 5 aromatic rings. The van der Waals surface area contributed by atoms with E-state index in [-0.39, 0.29) is 11.1 Å². The Morgan fingerprint density at radius 1 is 0.714 bits per heavy atom. The summed E-state index contributed by atoms with van der Waals surface area (Å²) in [6.45, 7) is 7.54. The molecule has 8 heteroatoms. The van der Waals surface area contributed by atoms with E-state index < -0.39 is 8.80 Å². The van der Waals surface area contributed by atoms with Gasteiger partial charge in [-0.15, -0.1) is 11.3 Å². The van der Waals surface area contributed by atoms with Gasteiger partial charge in [-0.05, 0) is 62.2 Å². The van der Waals surface area contributed by atoms with Crippen molar-refractivity contribution >= 4 is 61.9 Å². The topological polar surface area (TPSA) is 66.8 Å². The minimum Gasteiger partial charge on any atom is -0.374 e. The quantitative estimate of drug-likeness (QED) is 0.137. The van der Waals surface area contributed by atoms with Crippen LogP contribution in [0.1, 0.15) is 27.2 Å². The number of benzene rings is 3. The summed E-state index contributed by atoms with van der Waals surface area (Å²) < 4.78 is 21.4. The highest BCUT2D eigenvalue weighted by atomic mass is 32.1. The minimum absolute atomic E-state index is 0.244. The molecule has 0 atom stereocenters. The van der Waals surface area contributed by atoms with Crippen LogP contribution in [0.2, 0.25) is 6.04 Å². The number of fused-ring (bicyclic) bond motifs is 2. The number of pyridine rings is 1. The molecule has 6 nitrogen and oxygen atoms in total. The molecule has 182 valence electrons. The zero-order chi connectivity index (χ0) is 24.6. The SMILES string of the molecule is CCO[Si](CCCn1c(=O)c2ccc3sc4ccccc4c4ccc(c1=O)c2c34)(OCC)OCC. The first-order valence-corrected chi connectivity index (χ1v) is 14.9. The maximum Gasteiger partial charge on any atom is 0.500 e. The van der Waals surface area contributed by atoms with Crippen molar-refractivity contribution < 1.29 is 13.3 Å². The van der Waals surface area contributed by atoms with E-state index in [4.69, 9.17) is 13.3 Å². The number of hydrogen-bond donors (Lipinski definition) is 0. The lowest BCUT2D eigenvalue weighted by atomic mass is 9.98. The molecule has 0 fully saturated rings. The van der Waals surface area contributed by atoms with Crippen LogP contribution in [0.3, 0.4) is 0 Å². The lowest BCUT2D eigenvalue weighted by molar-refractivity contribution is 0.0705. The Balaban J connectivity index is 1.60. The van der Waals surface area contributed by atoms with Crippen molar-refractivity contribution in [3.63, 3.8) is 0 Å². The highest BCUT2D eigenvalue weighted by Crippen LogP contribution is 2.39. The Kier molecular flexibility index (Phi) is 6.74. The summed E-state index contributed by atoms with van der Waals surface area (Å²) in [6, 6.07) is 16.6. The van der Waals surface area contributed by atoms with E-state index in [9.17, 15) is 9.59 Å². The first-order valence-electron chi connectivity index (χ1n) is 12.2. The molecule has 3 aromatic carbocycles. The first-order chi connectivity index (χ1) is 17.0. The fraction of sp³-hybridized carbons (Fsp3) is 0.333. The van der Waals surface area contributed by atoms with Gasteiger partial charge in [0.25, 0.3) is 11.1 Å². The molecule has 0 spiro atoms. The normalized spacial score (nSPS) is 12.5. The molecule has 2 heterocycles. The monoisotopic (exact) mass is 507 g/mol. The molecule has 0 aliphatic heterocycles. The van der Waals surface area contributed by atoms with E-state index in [0.717, 1.165) is 26.2 Å². The van der Waals surface area contributed by atoms with Gasteiger partial charge < -0.3 is 13.3 Å². The van der Waals surface area contributed by atoms with Crippen molar-refractivity contribution in [2.75, 3.05) is 19.8 Å². The van der Waals surface area contributed by atoms with E-state index in [1.54, 1.807) is 11.3 Å². The van der Waals surface area contributed by atoms with E-state index >= 15 is 0 Å². The first kappa shape index (κ1) is 24.1. The van der Waals surface area contributed by atoms with Crippen LogP contribution >= 0.6 is 11.3 Å². The van der Waals surface area contributed by atoms with Crippen molar-refractivity contribution in [2.45, 2.75) is 39.8 Å². The largest absolute Gasteiger partial charge is 0.500 e. The average molecular weight is 508 g/mol. The molecule has 0 N–H and O–H groups in total. The van der Waals surface area contributed by atoms with Gasteiger partial charge in [0.05, 0.1) is 0 Å². The third kappa shape index (κ3) is 4.09. The van der Waals surface area contributed by atoms with E-state index in [1.807, 2.05) is 57.2 Å². The third-order valence-electron chi connectivity index (χ3n) is 6.43. The molecule has 0 saturated carbocycles.